The third-order valence-corrected chi connectivity index (χ3v) is 6.15. The summed E-state index contributed by atoms with van der Waals surface area (Å²) in [6, 6.07) is 9.99. The molecule has 1 amide bonds. The maximum atomic E-state index is 12.8. The third kappa shape index (κ3) is 4.75. The highest BCUT2D eigenvalue weighted by atomic mass is 16.1. The SMILES string of the molecule is CCC(CC)NC(=O)c1ccc2nnc([C@H]3CN(Cc4ccccn4)CCN3C)n2c1. The van der Waals surface area contributed by atoms with Crippen LogP contribution in [0.25, 0.3) is 5.65 Å². The van der Waals surface area contributed by atoms with Crippen LogP contribution in [0, 0.1) is 0 Å². The quantitative estimate of drug-likeness (QED) is 0.632. The number of amides is 1. The molecule has 4 rings (SSSR count). The largest absolute Gasteiger partial charge is 0.349 e. The topological polar surface area (TPSA) is 78.7 Å². The van der Waals surface area contributed by atoms with E-state index in [-0.39, 0.29) is 18.0 Å². The summed E-state index contributed by atoms with van der Waals surface area (Å²) in [5.41, 5.74) is 2.45. The summed E-state index contributed by atoms with van der Waals surface area (Å²) in [6.45, 7) is 7.73. The minimum absolute atomic E-state index is 0.0518. The first-order valence-electron chi connectivity index (χ1n) is 11.1. The van der Waals surface area contributed by atoms with E-state index >= 15 is 0 Å². The van der Waals surface area contributed by atoms with Crippen molar-refractivity contribution in [1.29, 1.82) is 0 Å². The van der Waals surface area contributed by atoms with Crippen LogP contribution in [0.15, 0.2) is 42.7 Å². The average Bonchev–Trinajstić information content (AvgIpc) is 3.22. The van der Waals surface area contributed by atoms with Gasteiger partial charge >= 0.3 is 0 Å². The summed E-state index contributed by atoms with van der Waals surface area (Å²) in [4.78, 5) is 21.9. The molecule has 1 saturated heterocycles. The van der Waals surface area contributed by atoms with Crippen molar-refractivity contribution >= 4 is 11.6 Å². The van der Waals surface area contributed by atoms with E-state index in [2.05, 4.69) is 57.3 Å². The lowest BCUT2D eigenvalue weighted by atomic mass is 10.1. The standard InChI is InChI=1S/C23H31N7O/c1-4-18(5-2)25-23(31)17-9-10-21-26-27-22(30(21)14-17)20-16-29(13-12-28(20)3)15-19-8-6-7-11-24-19/h6-11,14,18,20H,4-5,12-13,15-16H2,1-3H3,(H,25,31)/t20-/m1/s1. The fourth-order valence-corrected chi connectivity index (χ4v) is 4.10. The van der Waals surface area contributed by atoms with E-state index in [0.29, 0.717) is 5.56 Å². The van der Waals surface area contributed by atoms with E-state index in [1.54, 1.807) is 0 Å². The number of hydrogen-bond donors (Lipinski definition) is 1. The fraction of sp³-hybridized carbons (Fsp3) is 0.478. The molecule has 1 atom stereocenters. The molecule has 8 heteroatoms. The number of rotatable bonds is 7. The van der Waals surface area contributed by atoms with Crippen LogP contribution in [0.4, 0.5) is 0 Å². The van der Waals surface area contributed by atoms with Gasteiger partial charge in [0.1, 0.15) is 0 Å². The molecule has 3 aromatic rings. The Morgan fingerprint density at radius 1 is 1.16 bits per heavy atom. The van der Waals surface area contributed by atoms with Crippen molar-refractivity contribution in [2.45, 2.75) is 45.3 Å². The van der Waals surface area contributed by atoms with Crippen molar-refractivity contribution in [2.24, 2.45) is 0 Å². The van der Waals surface area contributed by atoms with Crippen molar-refractivity contribution in [3.63, 3.8) is 0 Å². The summed E-state index contributed by atoms with van der Waals surface area (Å²) >= 11 is 0. The number of piperazine rings is 1. The molecule has 0 radical (unpaired) electrons. The summed E-state index contributed by atoms with van der Waals surface area (Å²) < 4.78 is 1.97. The Kier molecular flexibility index (Phi) is 6.58. The van der Waals surface area contributed by atoms with E-state index in [0.717, 1.165) is 56.2 Å². The van der Waals surface area contributed by atoms with E-state index in [1.807, 2.05) is 41.1 Å². The fourth-order valence-electron chi connectivity index (χ4n) is 4.10. The second-order valence-electron chi connectivity index (χ2n) is 8.24. The highest BCUT2D eigenvalue weighted by molar-refractivity contribution is 5.94. The van der Waals surface area contributed by atoms with Gasteiger partial charge in [0.15, 0.2) is 11.5 Å². The molecule has 0 aromatic carbocycles. The van der Waals surface area contributed by atoms with Crippen LogP contribution in [0.5, 0.6) is 0 Å². The molecule has 0 bridgehead atoms. The summed E-state index contributed by atoms with van der Waals surface area (Å²) in [6.07, 6.45) is 5.54. The minimum atomic E-state index is -0.0518. The van der Waals surface area contributed by atoms with Gasteiger partial charge in [0, 0.05) is 44.6 Å². The van der Waals surface area contributed by atoms with Gasteiger partial charge in [0.2, 0.25) is 0 Å². The Morgan fingerprint density at radius 2 is 2.00 bits per heavy atom. The van der Waals surface area contributed by atoms with Gasteiger partial charge in [-0.25, -0.2) is 0 Å². The van der Waals surface area contributed by atoms with Crippen molar-refractivity contribution in [2.75, 3.05) is 26.7 Å². The first kappa shape index (κ1) is 21.4. The van der Waals surface area contributed by atoms with Gasteiger partial charge in [-0.15, -0.1) is 10.2 Å². The molecule has 0 aliphatic carbocycles. The van der Waals surface area contributed by atoms with Crippen LogP contribution in [-0.2, 0) is 6.54 Å². The number of nitrogens with one attached hydrogen (secondary N) is 1. The molecule has 164 valence electrons. The van der Waals surface area contributed by atoms with Crippen molar-refractivity contribution in [1.82, 2.24) is 34.7 Å². The molecular formula is C23H31N7O. The van der Waals surface area contributed by atoms with Crippen LogP contribution >= 0.6 is 0 Å². The van der Waals surface area contributed by atoms with Gasteiger partial charge in [0.25, 0.3) is 5.91 Å². The molecule has 4 heterocycles. The molecule has 8 nitrogen and oxygen atoms in total. The number of carbonyl (C=O) groups is 1. The Bertz CT molecular complexity index is 1020. The van der Waals surface area contributed by atoms with Crippen molar-refractivity contribution in [3.05, 3.63) is 59.8 Å². The number of nitrogens with zero attached hydrogens (tertiary/aromatic N) is 6. The monoisotopic (exact) mass is 421 g/mol. The predicted octanol–water partition coefficient (Wildman–Crippen LogP) is 2.53. The van der Waals surface area contributed by atoms with Gasteiger partial charge < -0.3 is 5.32 Å². The van der Waals surface area contributed by atoms with Crippen LogP contribution in [0.3, 0.4) is 0 Å². The minimum Gasteiger partial charge on any atom is -0.349 e. The molecule has 1 fully saturated rings. The number of aromatic nitrogens is 4. The van der Waals surface area contributed by atoms with E-state index < -0.39 is 0 Å². The van der Waals surface area contributed by atoms with Crippen LogP contribution in [0.1, 0.15) is 54.6 Å². The van der Waals surface area contributed by atoms with Gasteiger partial charge in [-0.3, -0.25) is 24.0 Å². The van der Waals surface area contributed by atoms with E-state index in [9.17, 15) is 4.79 Å². The molecule has 1 N–H and O–H groups in total. The Hall–Kier alpha value is -2.84. The lowest BCUT2D eigenvalue weighted by Crippen LogP contribution is -2.46. The molecule has 0 unspecified atom stereocenters. The summed E-state index contributed by atoms with van der Waals surface area (Å²) in [5.74, 6) is 0.810. The second kappa shape index (κ2) is 9.53. The maximum absolute atomic E-state index is 12.8. The maximum Gasteiger partial charge on any atom is 0.252 e. The summed E-state index contributed by atoms with van der Waals surface area (Å²) in [5, 5.41) is 12.0. The molecule has 3 aromatic heterocycles. The average molecular weight is 422 g/mol. The lowest BCUT2D eigenvalue weighted by Gasteiger charge is -2.38. The first-order chi connectivity index (χ1) is 15.1. The second-order valence-corrected chi connectivity index (χ2v) is 8.24. The third-order valence-electron chi connectivity index (χ3n) is 6.15. The van der Waals surface area contributed by atoms with Gasteiger partial charge in [-0.05, 0) is 44.2 Å². The normalized spacial score (nSPS) is 18.0. The first-order valence-corrected chi connectivity index (χ1v) is 11.1. The van der Waals surface area contributed by atoms with Crippen LogP contribution < -0.4 is 5.32 Å². The number of pyridine rings is 2. The lowest BCUT2D eigenvalue weighted by molar-refractivity contribution is 0.0844. The Balaban J connectivity index is 1.56. The van der Waals surface area contributed by atoms with Crippen LogP contribution in [0.2, 0.25) is 0 Å². The van der Waals surface area contributed by atoms with E-state index in [4.69, 9.17) is 0 Å². The van der Waals surface area contributed by atoms with Crippen molar-refractivity contribution in [3.8, 4) is 0 Å². The molecule has 1 aliphatic heterocycles. The Morgan fingerprint density at radius 3 is 2.74 bits per heavy atom. The van der Waals surface area contributed by atoms with Gasteiger partial charge in [0.05, 0.1) is 17.3 Å². The number of likely N-dealkylation sites (N-methyl/N-ethyl adjacent to an activating group) is 1. The highest BCUT2D eigenvalue weighted by Gasteiger charge is 2.29. The number of hydrogen-bond acceptors (Lipinski definition) is 6. The zero-order chi connectivity index (χ0) is 21.8. The zero-order valence-electron chi connectivity index (χ0n) is 18.5. The molecular weight excluding hydrogens is 390 g/mol. The molecule has 0 saturated carbocycles. The number of carbonyl (C=O) groups excluding carboxylic acids is 1. The smallest absolute Gasteiger partial charge is 0.252 e. The van der Waals surface area contributed by atoms with Crippen LogP contribution in [-0.4, -0.2) is 68.0 Å². The van der Waals surface area contributed by atoms with E-state index in [1.165, 1.54) is 0 Å². The molecule has 1 aliphatic rings. The van der Waals surface area contributed by atoms with Gasteiger partial charge in [-0.1, -0.05) is 19.9 Å². The summed E-state index contributed by atoms with van der Waals surface area (Å²) in [7, 11) is 2.12. The molecule has 0 spiro atoms. The predicted molar refractivity (Wildman–Crippen MR) is 120 cm³/mol. The highest BCUT2D eigenvalue weighted by Crippen LogP contribution is 2.24. The van der Waals surface area contributed by atoms with Gasteiger partial charge in [-0.2, -0.15) is 0 Å². The Labute approximate surface area is 183 Å². The number of fused-ring (bicyclic) bond motifs is 1. The zero-order valence-corrected chi connectivity index (χ0v) is 18.5. The molecule has 31 heavy (non-hydrogen) atoms. The van der Waals surface area contributed by atoms with Crippen molar-refractivity contribution < 1.29 is 4.79 Å².